The number of amides is 1. The van der Waals surface area contributed by atoms with Gasteiger partial charge in [0.2, 0.25) is 0 Å². The molecule has 21 heavy (non-hydrogen) atoms. The van der Waals surface area contributed by atoms with Crippen LogP contribution in [0.3, 0.4) is 0 Å². The summed E-state index contributed by atoms with van der Waals surface area (Å²) < 4.78 is 5.48. The largest absolute Gasteiger partial charge is 0.484 e. The number of rotatable bonds is 10. The van der Waals surface area contributed by atoms with Crippen molar-refractivity contribution in [2.45, 2.75) is 45.6 Å². The maximum Gasteiger partial charge on any atom is 0.257 e. The van der Waals surface area contributed by atoms with E-state index in [1.807, 2.05) is 19.2 Å². The van der Waals surface area contributed by atoms with Crippen LogP contribution in [0.4, 0.5) is 0 Å². The van der Waals surface area contributed by atoms with Gasteiger partial charge in [-0.25, -0.2) is 0 Å². The van der Waals surface area contributed by atoms with Crippen LogP contribution in [0.5, 0.6) is 5.75 Å². The molecule has 0 radical (unpaired) electrons. The van der Waals surface area contributed by atoms with Gasteiger partial charge >= 0.3 is 0 Å². The molecule has 0 saturated carbocycles. The quantitative estimate of drug-likeness (QED) is 0.652. The van der Waals surface area contributed by atoms with Crippen molar-refractivity contribution in [3.05, 3.63) is 29.8 Å². The second kappa shape index (κ2) is 10.2. The molecule has 0 aliphatic heterocycles. The first-order chi connectivity index (χ1) is 10.2. The summed E-state index contributed by atoms with van der Waals surface area (Å²) in [5.74, 6) is 0.682. The predicted octanol–water partition coefficient (Wildman–Crippen LogP) is 2.52. The number of carbonyl (C=O) groups is 1. The molecule has 0 saturated heterocycles. The van der Waals surface area contributed by atoms with Crippen molar-refractivity contribution < 1.29 is 9.53 Å². The van der Waals surface area contributed by atoms with Gasteiger partial charge in [0.1, 0.15) is 5.75 Å². The third kappa shape index (κ3) is 7.71. The zero-order valence-corrected chi connectivity index (χ0v) is 13.4. The van der Waals surface area contributed by atoms with Gasteiger partial charge in [-0.2, -0.15) is 0 Å². The molecule has 0 aliphatic carbocycles. The SMILES string of the molecule is CCCCNC(=O)COc1ccc(CCC(C)NC)cc1. The molecule has 0 aliphatic rings. The highest BCUT2D eigenvalue weighted by Gasteiger charge is 2.03. The van der Waals surface area contributed by atoms with Crippen molar-refractivity contribution in [2.75, 3.05) is 20.2 Å². The smallest absolute Gasteiger partial charge is 0.257 e. The van der Waals surface area contributed by atoms with Crippen molar-refractivity contribution >= 4 is 5.91 Å². The van der Waals surface area contributed by atoms with Gasteiger partial charge in [-0.15, -0.1) is 0 Å². The number of nitrogens with one attached hydrogen (secondary N) is 2. The summed E-state index contributed by atoms with van der Waals surface area (Å²) >= 11 is 0. The minimum absolute atomic E-state index is 0.0598. The molecule has 1 aromatic rings. The molecule has 4 nitrogen and oxygen atoms in total. The summed E-state index contributed by atoms with van der Waals surface area (Å²) in [5.41, 5.74) is 1.29. The van der Waals surface area contributed by atoms with Gasteiger partial charge in [0.15, 0.2) is 6.61 Å². The van der Waals surface area contributed by atoms with Gasteiger partial charge in [0.05, 0.1) is 0 Å². The Morgan fingerprint density at radius 3 is 2.62 bits per heavy atom. The fourth-order valence-corrected chi connectivity index (χ4v) is 1.88. The minimum Gasteiger partial charge on any atom is -0.484 e. The minimum atomic E-state index is -0.0598. The number of ether oxygens (including phenoxy) is 1. The van der Waals surface area contributed by atoms with Crippen LogP contribution in [-0.4, -0.2) is 32.1 Å². The summed E-state index contributed by atoms with van der Waals surface area (Å²) in [6, 6.07) is 8.50. The Bertz CT molecular complexity index is 404. The van der Waals surface area contributed by atoms with Crippen LogP contribution in [0.15, 0.2) is 24.3 Å². The highest BCUT2D eigenvalue weighted by molar-refractivity contribution is 5.77. The standard InChI is InChI=1S/C17H28N2O2/c1-4-5-12-19-17(20)13-21-16-10-8-15(9-11-16)7-6-14(2)18-3/h8-11,14,18H,4-7,12-13H2,1-3H3,(H,19,20). The third-order valence-electron chi connectivity index (χ3n) is 3.50. The van der Waals surface area contributed by atoms with Crippen LogP contribution < -0.4 is 15.4 Å². The average Bonchev–Trinajstić information content (AvgIpc) is 2.51. The Hall–Kier alpha value is -1.55. The molecule has 1 unspecified atom stereocenters. The fourth-order valence-electron chi connectivity index (χ4n) is 1.88. The van der Waals surface area contributed by atoms with Crippen LogP contribution >= 0.6 is 0 Å². The maximum absolute atomic E-state index is 11.5. The van der Waals surface area contributed by atoms with Gasteiger partial charge in [-0.1, -0.05) is 25.5 Å². The van der Waals surface area contributed by atoms with E-state index >= 15 is 0 Å². The number of carbonyl (C=O) groups excluding carboxylic acids is 1. The van der Waals surface area contributed by atoms with Crippen molar-refractivity contribution in [1.82, 2.24) is 10.6 Å². The zero-order chi connectivity index (χ0) is 15.5. The Balaban J connectivity index is 2.29. The average molecular weight is 292 g/mol. The van der Waals surface area contributed by atoms with E-state index in [0.717, 1.165) is 38.0 Å². The normalized spacial score (nSPS) is 12.0. The van der Waals surface area contributed by atoms with Crippen LogP contribution in [0.1, 0.15) is 38.7 Å². The lowest BCUT2D eigenvalue weighted by molar-refractivity contribution is -0.123. The Kier molecular flexibility index (Phi) is 8.51. The van der Waals surface area contributed by atoms with Crippen molar-refractivity contribution in [3.63, 3.8) is 0 Å². The van der Waals surface area contributed by atoms with Gasteiger partial charge in [-0.3, -0.25) is 4.79 Å². The Morgan fingerprint density at radius 2 is 2.00 bits per heavy atom. The van der Waals surface area contributed by atoms with Crippen LogP contribution in [0.25, 0.3) is 0 Å². The van der Waals surface area contributed by atoms with Crippen LogP contribution in [-0.2, 0) is 11.2 Å². The van der Waals surface area contributed by atoms with E-state index in [9.17, 15) is 4.79 Å². The number of unbranched alkanes of at least 4 members (excludes halogenated alkanes) is 1. The molecule has 0 spiro atoms. The molecule has 4 heteroatoms. The maximum atomic E-state index is 11.5. The van der Waals surface area contributed by atoms with Crippen LogP contribution in [0, 0.1) is 0 Å². The van der Waals surface area contributed by atoms with Gasteiger partial charge < -0.3 is 15.4 Å². The zero-order valence-electron chi connectivity index (χ0n) is 13.4. The molecule has 1 aromatic carbocycles. The lowest BCUT2D eigenvalue weighted by Gasteiger charge is -2.10. The molecule has 0 aromatic heterocycles. The Morgan fingerprint density at radius 1 is 1.29 bits per heavy atom. The highest BCUT2D eigenvalue weighted by Crippen LogP contribution is 2.13. The van der Waals surface area contributed by atoms with Crippen molar-refractivity contribution in [2.24, 2.45) is 0 Å². The molecule has 118 valence electrons. The van der Waals surface area contributed by atoms with Gasteiger partial charge in [-0.05, 0) is 50.9 Å². The molecule has 1 amide bonds. The lowest BCUT2D eigenvalue weighted by Crippen LogP contribution is -2.29. The van der Waals surface area contributed by atoms with Gasteiger partial charge in [0, 0.05) is 12.6 Å². The first-order valence-corrected chi connectivity index (χ1v) is 7.81. The number of hydrogen-bond donors (Lipinski definition) is 2. The number of aryl methyl sites for hydroxylation is 1. The molecule has 0 fully saturated rings. The van der Waals surface area contributed by atoms with Crippen LogP contribution in [0.2, 0.25) is 0 Å². The first-order valence-electron chi connectivity index (χ1n) is 7.81. The number of benzene rings is 1. The van der Waals surface area contributed by atoms with E-state index in [4.69, 9.17) is 4.74 Å². The molecular weight excluding hydrogens is 264 g/mol. The topological polar surface area (TPSA) is 50.4 Å². The second-order valence-corrected chi connectivity index (χ2v) is 5.36. The van der Waals surface area contributed by atoms with Crippen molar-refractivity contribution in [1.29, 1.82) is 0 Å². The molecule has 0 bridgehead atoms. The molecular formula is C17H28N2O2. The Labute approximate surface area is 128 Å². The van der Waals surface area contributed by atoms with E-state index in [2.05, 4.69) is 36.6 Å². The summed E-state index contributed by atoms with van der Waals surface area (Å²) in [7, 11) is 1.98. The van der Waals surface area contributed by atoms with Crippen molar-refractivity contribution in [3.8, 4) is 5.75 Å². The van der Waals surface area contributed by atoms with E-state index in [-0.39, 0.29) is 12.5 Å². The van der Waals surface area contributed by atoms with Gasteiger partial charge in [0.25, 0.3) is 5.91 Å². The number of hydrogen-bond acceptors (Lipinski definition) is 3. The fraction of sp³-hybridized carbons (Fsp3) is 0.588. The lowest BCUT2D eigenvalue weighted by atomic mass is 10.1. The summed E-state index contributed by atoms with van der Waals surface area (Å²) in [6.45, 7) is 5.08. The summed E-state index contributed by atoms with van der Waals surface area (Å²) in [6.07, 6.45) is 4.23. The first kappa shape index (κ1) is 17.5. The third-order valence-corrected chi connectivity index (χ3v) is 3.50. The second-order valence-electron chi connectivity index (χ2n) is 5.36. The van der Waals surface area contributed by atoms with E-state index in [1.165, 1.54) is 5.56 Å². The summed E-state index contributed by atoms with van der Waals surface area (Å²) in [4.78, 5) is 11.5. The predicted molar refractivity (Wildman–Crippen MR) is 86.7 cm³/mol. The van der Waals surface area contributed by atoms with E-state index in [1.54, 1.807) is 0 Å². The van der Waals surface area contributed by atoms with E-state index < -0.39 is 0 Å². The highest BCUT2D eigenvalue weighted by atomic mass is 16.5. The molecule has 1 atom stereocenters. The monoisotopic (exact) mass is 292 g/mol. The molecule has 1 rings (SSSR count). The molecule has 2 N–H and O–H groups in total. The summed E-state index contributed by atoms with van der Waals surface area (Å²) in [5, 5.41) is 6.06. The molecule has 0 heterocycles. The van der Waals surface area contributed by atoms with E-state index in [0.29, 0.717) is 6.04 Å².